The number of amides is 1. The molecular formula is C18H17BrFN3O4S. The molecule has 7 nitrogen and oxygen atoms in total. The van der Waals surface area contributed by atoms with Crippen molar-refractivity contribution >= 4 is 33.2 Å². The van der Waals surface area contributed by atoms with Gasteiger partial charge in [0.2, 0.25) is 5.89 Å². The zero-order valence-electron chi connectivity index (χ0n) is 14.9. The normalized spacial score (nSPS) is 10.8. The average molecular weight is 470 g/mol. The Morgan fingerprint density at radius 3 is 2.93 bits per heavy atom. The quantitative estimate of drug-likeness (QED) is 0.474. The molecule has 0 unspecified atom stereocenters. The van der Waals surface area contributed by atoms with Crippen molar-refractivity contribution < 1.29 is 23.1 Å². The molecule has 1 amide bonds. The number of aromatic nitrogens is 2. The third-order valence-corrected chi connectivity index (χ3v) is 5.17. The number of thiophene rings is 1. The molecule has 0 spiro atoms. The minimum absolute atomic E-state index is 0.133. The summed E-state index contributed by atoms with van der Waals surface area (Å²) in [7, 11) is 1.55. The van der Waals surface area contributed by atoms with Crippen molar-refractivity contribution in [1.29, 1.82) is 0 Å². The molecule has 10 heteroatoms. The van der Waals surface area contributed by atoms with Crippen LogP contribution < -0.4 is 4.74 Å². The summed E-state index contributed by atoms with van der Waals surface area (Å²) in [5.41, 5.74) is 0. The van der Waals surface area contributed by atoms with E-state index in [1.54, 1.807) is 7.11 Å². The lowest BCUT2D eigenvalue weighted by Gasteiger charge is -2.21. The van der Waals surface area contributed by atoms with Gasteiger partial charge in [-0.1, -0.05) is 6.07 Å². The number of benzene rings is 1. The van der Waals surface area contributed by atoms with E-state index >= 15 is 0 Å². The summed E-state index contributed by atoms with van der Waals surface area (Å²) in [5.74, 6) is 0.417. The summed E-state index contributed by atoms with van der Waals surface area (Å²) in [6, 6.07) is 7.76. The van der Waals surface area contributed by atoms with Gasteiger partial charge in [-0.25, -0.2) is 4.39 Å². The molecule has 0 aliphatic carbocycles. The van der Waals surface area contributed by atoms with Gasteiger partial charge >= 0.3 is 0 Å². The van der Waals surface area contributed by atoms with E-state index in [9.17, 15) is 9.18 Å². The molecule has 0 aliphatic rings. The monoisotopic (exact) mass is 469 g/mol. The van der Waals surface area contributed by atoms with Gasteiger partial charge in [-0.3, -0.25) is 4.79 Å². The Balaban J connectivity index is 1.64. The van der Waals surface area contributed by atoms with Crippen LogP contribution in [0.5, 0.6) is 5.75 Å². The number of halogens is 2. The third kappa shape index (κ3) is 5.37. The van der Waals surface area contributed by atoms with Crippen molar-refractivity contribution in [1.82, 2.24) is 15.1 Å². The van der Waals surface area contributed by atoms with Gasteiger partial charge in [0.05, 0.1) is 22.5 Å². The molecule has 0 saturated heterocycles. The topological polar surface area (TPSA) is 77.7 Å². The van der Waals surface area contributed by atoms with Crippen molar-refractivity contribution in [3.05, 3.63) is 51.9 Å². The minimum atomic E-state index is -0.398. The Hall–Kier alpha value is -2.30. The number of methoxy groups -OCH3 is 1. The summed E-state index contributed by atoms with van der Waals surface area (Å²) in [5, 5.41) is 9.94. The molecule has 0 aliphatic heterocycles. The average Bonchev–Trinajstić information content (AvgIpc) is 3.35. The predicted molar refractivity (Wildman–Crippen MR) is 104 cm³/mol. The van der Waals surface area contributed by atoms with Gasteiger partial charge in [0.15, 0.2) is 6.61 Å². The largest absolute Gasteiger partial charge is 0.483 e. The van der Waals surface area contributed by atoms with Crippen molar-refractivity contribution in [3.8, 4) is 16.5 Å². The number of nitrogens with zero attached hydrogens (tertiary/aromatic N) is 3. The lowest BCUT2D eigenvalue weighted by Crippen LogP contribution is -2.37. The molecule has 0 atom stereocenters. The van der Waals surface area contributed by atoms with E-state index in [0.717, 1.165) is 4.88 Å². The maximum absolute atomic E-state index is 13.2. The van der Waals surface area contributed by atoms with Crippen LogP contribution in [0.1, 0.15) is 5.89 Å². The van der Waals surface area contributed by atoms with Crippen LogP contribution in [0.25, 0.3) is 10.8 Å². The predicted octanol–water partition coefficient (Wildman–Crippen LogP) is 3.75. The fraction of sp³-hybridized carbons (Fsp3) is 0.278. The Kier molecular flexibility index (Phi) is 7.12. The second-order valence-corrected chi connectivity index (χ2v) is 7.45. The van der Waals surface area contributed by atoms with E-state index in [4.69, 9.17) is 13.9 Å². The van der Waals surface area contributed by atoms with Gasteiger partial charge < -0.3 is 18.8 Å². The fourth-order valence-electron chi connectivity index (χ4n) is 2.30. The molecule has 2 heterocycles. The van der Waals surface area contributed by atoms with Gasteiger partial charge in [-0.2, -0.15) is 0 Å². The van der Waals surface area contributed by atoms with Crippen LogP contribution in [0.4, 0.5) is 4.39 Å². The molecule has 0 saturated carbocycles. The first kappa shape index (κ1) is 20.4. The smallest absolute Gasteiger partial charge is 0.261 e. The van der Waals surface area contributed by atoms with Gasteiger partial charge in [-0.05, 0) is 45.6 Å². The Morgan fingerprint density at radius 2 is 2.21 bits per heavy atom. The molecule has 3 aromatic rings. The van der Waals surface area contributed by atoms with Gasteiger partial charge in [0, 0.05) is 13.7 Å². The van der Waals surface area contributed by atoms with E-state index in [0.29, 0.717) is 35.2 Å². The van der Waals surface area contributed by atoms with Crippen molar-refractivity contribution in [3.63, 3.8) is 0 Å². The SMILES string of the molecule is COCCN(Cc1nnc(-c2cccs2)o1)C(=O)COc1ccc(F)cc1Br. The molecule has 0 N–H and O–H groups in total. The molecule has 0 fully saturated rings. The lowest BCUT2D eigenvalue weighted by atomic mass is 10.3. The highest BCUT2D eigenvalue weighted by Crippen LogP contribution is 2.26. The highest BCUT2D eigenvalue weighted by molar-refractivity contribution is 9.10. The molecular weight excluding hydrogens is 453 g/mol. The van der Waals surface area contributed by atoms with Gasteiger partial charge in [0.1, 0.15) is 11.6 Å². The van der Waals surface area contributed by atoms with Crippen LogP contribution in [0.3, 0.4) is 0 Å². The van der Waals surface area contributed by atoms with E-state index in [1.807, 2.05) is 17.5 Å². The maximum Gasteiger partial charge on any atom is 0.261 e. The number of carbonyl (C=O) groups excluding carboxylic acids is 1. The zero-order valence-corrected chi connectivity index (χ0v) is 17.3. The van der Waals surface area contributed by atoms with Crippen LogP contribution >= 0.6 is 27.3 Å². The molecule has 0 radical (unpaired) electrons. The van der Waals surface area contributed by atoms with Crippen LogP contribution in [0, 0.1) is 5.82 Å². The number of rotatable bonds is 9. The Morgan fingerprint density at radius 1 is 1.36 bits per heavy atom. The summed E-state index contributed by atoms with van der Waals surface area (Å²) in [4.78, 5) is 15.0. The van der Waals surface area contributed by atoms with E-state index in [2.05, 4.69) is 26.1 Å². The summed E-state index contributed by atoms with van der Waals surface area (Å²) >= 11 is 4.70. The van der Waals surface area contributed by atoms with Crippen LogP contribution in [-0.2, 0) is 16.1 Å². The highest BCUT2D eigenvalue weighted by Gasteiger charge is 2.19. The van der Waals surface area contributed by atoms with Crippen molar-refractivity contribution in [2.45, 2.75) is 6.54 Å². The second-order valence-electron chi connectivity index (χ2n) is 5.65. The minimum Gasteiger partial charge on any atom is -0.483 e. The molecule has 3 rings (SSSR count). The number of hydrogen-bond donors (Lipinski definition) is 0. The van der Waals surface area contributed by atoms with Crippen LogP contribution in [-0.4, -0.2) is 47.9 Å². The first-order valence-electron chi connectivity index (χ1n) is 8.27. The molecule has 28 heavy (non-hydrogen) atoms. The molecule has 148 valence electrons. The number of hydrogen-bond acceptors (Lipinski definition) is 7. The Labute approximate surface area is 173 Å². The fourth-order valence-corrected chi connectivity index (χ4v) is 3.41. The molecule has 2 aromatic heterocycles. The van der Waals surface area contributed by atoms with Crippen molar-refractivity contribution in [2.75, 3.05) is 26.9 Å². The van der Waals surface area contributed by atoms with Gasteiger partial charge in [-0.15, -0.1) is 21.5 Å². The Bertz CT molecular complexity index is 919. The van der Waals surface area contributed by atoms with E-state index < -0.39 is 5.82 Å². The lowest BCUT2D eigenvalue weighted by molar-refractivity contribution is -0.135. The first-order valence-corrected chi connectivity index (χ1v) is 9.95. The van der Waals surface area contributed by atoms with E-state index in [-0.39, 0.29) is 19.1 Å². The number of ether oxygens (including phenoxy) is 2. The van der Waals surface area contributed by atoms with E-state index in [1.165, 1.54) is 34.4 Å². The van der Waals surface area contributed by atoms with Crippen molar-refractivity contribution in [2.24, 2.45) is 0 Å². The van der Waals surface area contributed by atoms with Crippen LogP contribution in [0.15, 0.2) is 44.6 Å². The molecule has 1 aromatic carbocycles. The maximum atomic E-state index is 13.2. The summed E-state index contributed by atoms with van der Waals surface area (Å²) < 4.78 is 29.8. The molecule has 0 bridgehead atoms. The van der Waals surface area contributed by atoms with Crippen LogP contribution in [0.2, 0.25) is 0 Å². The zero-order chi connectivity index (χ0) is 19.9. The van der Waals surface area contributed by atoms with Gasteiger partial charge in [0.25, 0.3) is 11.8 Å². The third-order valence-electron chi connectivity index (χ3n) is 3.69. The first-order chi connectivity index (χ1) is 13.6. The summed E-state index contributed by atoms with van der Waals surface area (Å²) in [6.07, 6.45) is 0. The highest BCUT2D eigenvalue weighted by atomic mass is 79.9. The standard InChI is InChI=1S/C18H17BrFN3O4S/c1-25-7-6-23(10-16-21-22-18(27-16)15-3-2-8-28-15)17(24)11-26-14-5-4-12(20)9-13(14)19/h2-5,8-9H,6-7,10-11H2,1H3. The summed E-state index contributed by atoms with van der Waals surface area (Å²) in [6.45, 7) is 0.590. The number of carbonyl (C=O) groups is 1. The second kappa shape index (κ2) is 9.76.